The molecule has 0 N–H and O–H groups in total. The second-order valence-corrected chi connectivity index (χ2v) is 7.98. The summed E-state index contributed by atoms with van der Waals surface area (Å²) in [5.74, 6) is 0. The highest BCUT2D eigenvalue weighted by Crippen LogP contribution is 2.30. The molecule has 0 heterocycles. The van der Waals surface area contributed by atoms with E-state index in [-0.39, 0.29) is 0 Å². The predicted octanol–water partition coefficient (Wildman–Crippen LogP) is 5.71. The van der Waals surface area contributed by atoms with Gasteiger partial charge in [-0.25, -0.2) is 0 Å². The molecule has 0 aromatic heterocycles. The lowest BCUT2D eigenvalue weighted by molar-refractivity contribution is 0.0810. The third kappa shape index (κ3) is 9.10. The van der Waals surface area contributed by atoms with E-state index in [0.29, 0.717) is 0 Å². The molecule has 0 radical (unpaired) electrons. The summed E-state index contributed by atoms with van der Waals surface area (Å²) in [7, 11) is 4.21. The van der Waals surface area contributed by atoms with Gasteiger partial charge in [-0.3, -0.25) is 4.90 Å². The van der Waals surface area contributed by atoms with Crippen LogP contribution in [0, 0.1) is 0 Å². The molecule has 0 amide bonds. The van der Waals surface area contributed by atoms with Gasteiger partial charge >= 0.3 is 0 Å². The van der Waals surface area contributed by atoms with Crippen molar-refractivity contribution in [3.8, 4) is 0 Å². The first-order valence-electron chi connectivity index (χ1n) is 10.6. The highest BCUT2D eigenvalue weighted by molar-refractivity contribution is 4.83. The average molecular weight is 325 g/mol. The Morgan fingerprint density at radius 3 is 1.43 bits per heavy atom. The summed E-state index contributed by atoms with van der Waals surface area (Å²) in [5.41, 5.74) is 0. The van der Waals surface area contributed by atoms with Crippen molar-refractivity contribution in [1.82, 2.24) is 9.80 Å². The Labute approximate surface area is 147 Å². The summed E-state index contributed by atoms with van der Waals surface area (Å²) in [5, 5.41) is 0. The molecule has 0 unspecified atom stereocenters. The highest BCUT2D eigenvalue weighted by atomic mass is 15.2. The first-order valence-corrected chi connectivity index (χ1v) is 10.6. The van der Waals surface area contributed by atoms with Gasteiger partial charge in [0.1, 0.15) is 0 Å². The molecular weight excluding hydrogens is 280 g/mol. The van der Waals surface area contributed by atoms with Crippen molar-refractivity contribution in [3.63, 3.8) is 0 Å². The van der Waals surface area contributed by atoms with Gasteiger partial charge < -0.3 is 4.90 Å². The van der Waals surface area contributed by atoms with Crippen LogP contribution in [-0.2, 0) is 0 Å². The second-order valence-electron chi connectivity index (χ2n) is 7.98. The number of unbranched alkanes of at least 4 members (excludes halogenated alkanes) is 1. The van der Waals surface area contributed by atoms with Crippen molar-refractivity contribution in [1.29, 1.82) is 0 Å². The molecule has 2 fully saturated rings. The van der Waals surface area contributed by atoms with E-state index < -0.39 is 0 Å². The van der Waals surface area contributed by atoms with E-state index in [2.05, 4.69) is 37.7 Å². The smallest absolute Gasteiger partial charge is 0.00981 e. The van der Waals surface area contributed by atoms with Crippen LogP contribution in [0.25, 0.3) is 0 Å². The Morgan fingerprint density at radius 2 is 1.13 bits per heavy atom. The summed E-state index contributed by atoms with van der Waals surface area (Å²) in [4.78, 5) is 5.11. The predicted molar refractivity (Wildman–Crippen MR) is 104 cm³/mol. The molecular formula is C21H44N2. The molecule has 0 spiro atoms. The first kappa shape index (κ1) is 21.0. The van der Waals surface area contributed by atoms with Crippen LogP contribution >= 0.6 is 0 Å². The molecule has 0 bridgehead atoms. The standard InChI is InChI=1S/C15H29N.C6H15N/c1-2-13-16(14-9-5-3-6-10-14)15-11-7-4-8-12-15;1-4-5-6-7(2)3/h14-15H,2-13H2,1H3;4-6H2,1-3H3. The molecule has 0 aliphatic heterocycles. The maximum atomic E-state index is 2.90. The van der Waals surface area contributed by atoms with Crippen molar-refractivity contribution < 1.29 is 0 Å². The third-order valence-corrected chi connectivity index (χ3v) is 5.53. The van der Waals surface area contributed by atoms with Crippen LogP contribution in [0.2, 0.25) is 0 Å². The Kier molecular flexibility index (Phi) is 12.1. The largest absolute Gasteiger partial charge is 0.309 e. The van der Waals surface area contributed by atoms with Crippen molar-refractivity contribution in [3.05, 3.63) is 0 Å². The van der Waals surface area contributed by atoms with Crippen molar-refractivity contribution in [2.24, 2.45) is 0 Å². The van der Waals surface area contributed by atoms with E-state index in [4.69, 9.17) is 0 Å². The summed E-state index contributed by atoms with van der Waals surface area (Å²) >= 11 is 0. The normalized spacial score (nSPS) is 20.6. The minimum absolute atomic E-state index is 0.941. The molecule has 2 nitrogen and oxygen atoms in total. The van der Waals surface area contributed by atoms with Gasteiger partial charge in [-0.15, -0.1) is 0 Å². The lowest BCUT2D eigenvalue weighted by Gasteiger charge is -2.41. The minimum atomic E-state index is 0.941. The molecule has 2 rings (SSSR count). The van der Waals surface area contributed by atoms with Crippen molar-refractivity contribution in [2.75, 3.05) is 27.2 Å². The topological polar surface area (TPSA) is 6.48 Å². The minimum Gasteiger partial charge on any atom is -0.309 e. The van der Waals surface area contributed by atoms with Gasteiger partial charge in [0.15, 0.2) is 0 Å². The van der Waals surface area contributed by atoms with Gasteiger partial charge in [0, 0.05) is 12.1 Å². The second kappa shape index (κ2) is 13.2. The van der Waals surface area contributed by atoms with Crippen molar-refractivity contribution >= 4 is 0 Å². The van der Waals surface area contributed by atoms with Crippen LogP contribution in [0.5, 0.6) is 0 Å². The van der Waals surface area contributed by atoms with E-state index in [1.807, 2.05) is 0 Å². The van der Waals surface area contributed by atoms with Gasteiger partial charge in [0.2, 0.25) is 0 Å². The van der Waals surface area contributed by atoms with Crippen LogP contribution < -0.4 is 0 Å². The SMILES string of the molecule is CCCCN(C)C.CCCN(C1CCCCC1)C1CCCCC1. The summed E-state index contributed by atoms with van der Waals surface area (Å²) in [6.45, 7) is 7.15. The summed E-state index contributed by atoms with van der Waals surface area (Å²) in [6, 6.07) is 1.88. The molecule has 0 atom stereocenters. The molecule has 2 heteroatoms. The van der Waals surface area contributed by atoms with Gasteiger partial charge in [-0.1, -0.05) is 58.8 Å². The zero-order valence-electron chi connectivity index (χ0n) is 16.7. The number of hydrogen-bond acceptors (Lipinski definition) is 2. The van der Waals surface area contributed by atoms with Gasteiger partial charge in [-0.2, -0.15) is 0 Å². The zero-order valence-corrected chi connectivity index (χ0v) is 16.7. The maximum Gasteiger partial charge on any atom is 0.00981 e. The number of nitrogens with zero attached hydrogens (tertiary/aromatic N) is 2. The van der Waals surface area contributed by atoms with Crippen LogP contribution in [0.3, 0.4) is 0 Å². The lowest BCUT2D eigenvalue weighted by atomic mass is 9.88. The fourth-order valence-corrected chi connectivity index (χ4v) is 4.22. The van der Waals surface area contributed by atoms with Gasteiger partial charge in [0.25, 0.3) is 0 Å². The van der Waals surface area contributed by atoms with Gasteiger partial charge in [-0.05, 0) is 65.7 Å². The molecule has 2 saturated carbocycles. The molecule has 2 aliphatic carbocycles. The summed E-state index contributed by atoms with van der Waals surface area (Å²) < 4.78 is 0. The highest BCUT2D eigenvalue weighted by Gasteiger charge is 2.27. The first-order chi connectivity index (χ1) is 11.2. The Hall–Kier alpha value is -0.0800. The molecule has 0 aromatic carbocycles. The van der Waals surface area contributed by atoms with Gasteiger partial charge in [0.05, 0.1) is 0 Å². The monoisotopic (exact) mass is 324 g/mol. The fraction of sp³-hybridized carbons (Fsp3) is 1.00. The molecule has 0 saturated heterocycles. The van der Waals surface area contributed by atoms with Crippen LogP contribution in [0.15, 0.2) is 0 Å². The quantitative estimate of drug-likeness (QED) is 0.591. The maximum absolute atomic E-state index is 2.90. The average Bonchev–Trinajstić information content (AvgIpc) is 2.60. The fourth-order valence-electron chi connectivity index (χ4n) is 4.22. The third-order valence-electron chi connectivity index (χ3n) is 5.53. The molecule has 138 valence electrons. The van der Waals surface area contributed by atoms with Crippen LogP contribution in [0.4, 0.5) is 0 Å². The lowest BCUT2D eigenvalue weighted by Crippen LogP contribution is -2.45. The van der Waals surface area contributed by atoms with E-state index >= 15 is 0 Å². The Morgan fingerprint density at radius 1 is 0.652 bits per heavy atom. The van der Waals surface area contributed by atoms with Crippen LogP contribution in [0.1, 0.15) is 97.3 Å². The van der Waals surface area contributed by atoms with E-state index in [1.54, 1.807) is 0 Å². The Balaban J connectivity index is 0.000000322. The molecule has 0 aromatic rings. The zero-order chi connectivity index (χ0) is 16.9. The number of hydrogen-bond donors (Lipinski definition) is 0. The van der Waals surface area contributed by atoms with E-state index in [9.17, 15) is 0 Å². The Bertz CT molecular complexity index is 235. The molecule has 23 heavy (non-hydrogen) atoms. The van der Waals surface area contributed by atoms with E-state index in [1.165, 1.54) is 96.6 Å². The van der Waals surface area contributed by atoms with Crippen LogP contribution in [-0.4, -0.2) is 49.1 Å². The van der Waals surface area contributed by atoms with Crippen molar-refractivity contribution in [2.45, 2.75) is 109 Å². The summed E-state index contributed by atoms with van der Waals surface area (Å²) in [6.07, 6.45) is 18.8. The molecule has 2 aliphatic rings. The van der Waals surface area contributed by atoms with E-state index in [0.717, 1.165) is 12.1 Å². The number of rotatable bonds is 7.